The Hall–Kier alpha value is -2.37. The summed E-state index contributed by atoms with van der Waals surface area (Å²) in [5.74, 6) is 0. The molecule has 166 valence electrons. The lowest BCUT2D eigenvalue weighted by Crippen LogP contribution is -2.17. The molecule has 2 aromatic carbocycles. The molecular formula is C20H15Cl2N3O4S3. The third kappa shape index (κ3) is 4.55. The van der Waals surface area contributed by atoms with E-state index in [1.807, 2.05) is 13.0 Å². The van der Waals surface area contributed by atoms with Crippen molar-refractivity contribution in [1.29, 1.82) is 0 Å². The molecule has 0 saturated carbocycles. The molecule has 0 saturated heterocycles. The molecule has 0 aliphatic carbocycles. The molecule has 0 spiro atoms. The van der Waals surface area contributed by atoms with E-state index in [0.29, 0.717) is 5.39 Å². The number of nitrogens with zero attached hydrogens (tertiary/aromatic N) is 1. The molecule has 0 radical (unpaired) electrons. The number of hydrogen-bond acceptors (Lipinski definition) is 6. The maximum absolute atomic E-state index is 13.2. The monoisotopic (exact) mass is 527 g/mol. The Morgan fingerprint density at radius 3 is 2.16 bits per heavy atom. The lowest BCUT2D eigenvalue weighted by molar-refractivity contribution is 0.600. The Bertz CT molecular complexity index is 1540. The summed E-state index contributed by atoms with van der Waals surface area (Å²) in [6.07, 6.45) is 1.57. The summed E-state index contributed by atoms with van der Waals surface area (Å²) < 4.78 is 56.7. The minimum atomic E-state index is -4.16. The van der Waals surface area contributed by atoms with Crippen molar-refractivity contribution in [2.75, 3.05) is 9.44 Å². The topological polar surface area (TPSA) is 105 Å². The van der Waals surface area contributed by atoms with Crippen molar-refractivity contribution in [3.05, 3.63) is 75.7 Å². The van der Waals surface area contributed by atoms with Crippen molar-refractivity contribution < 1.29 is 16.8 Å². The minimum Gasteiger partial charge on any atom is -0.277 e. The van der Waals surface area contributed by atoms with Gasteiger partial charge in [-0.15, -0.1) is 11.3 Å². The summed E-state index contributed by atoms with van der Waals surface area (Å²) in [6.45, 7) is 1.85. The highest BCUT2D eigenvalue weighted by Crippen LogP contribution is 2.36. The number of para-hydroxylation sites is 1. The maximum Gasteiger partial charge on any atom is 0.271 e. The fraction of sp³-hybridized carbons (Fsp3) is 0.0500. The molecule has 0 fully saturated rings. The van der Waals surface area contributed by atoms with Gasteiger partial charge in [0.25, 0.3) is 20.0 Å². The molecular weight excluding hydrogens is 513 g/mol. The van der Waals surface area contributed by atoms with Crippen LogP contribution in [0.2, 0.25) is 10.0 Å². The van der Waals surface area contributed by atoms with Crippen molar-refractivity contribution in [2.24, 2.45) is 0 Å². The van der Waals surface area contributed by atoms with Crippen LogP contribution in [0.3, 0.4) is 0 Å². The van der Waals surface area contributed by atoms with Crippen LogP contribution in [0, 0.1) is 6.92 Å². The fourth-order valence-corrected chi connectivity index (χ4v) is 6.63. The smallest absolute Gasteiger partial charge is 0.271 e. The lowest BCUT2D eigenvalue weighted by Gasteiger charge is -2.16. The number of hydrogen-bond donors (Lipinski definition) is 2. The largest absolute Gasteiger partial charge is 0.277 e. The van der Waals surface area contributed by atoms with Crippen LogP contribution in [0.15, 0.2) is 69.2 Å². The van der Waals surface area contributed by atoms with Gasteiger partial charge in [-0.3, -0.25) is 14.4 Å². The molecule has 12 heteroatoms. The number of thiophene rings is 1. The van der Waals surface area contributed by atoms with E-state index in [2.05, 4.69) is 14.4 Å². The van der Waals surface area contributed by atoms with Gasteiger partial charge >= 0.3 is 0 Å². The SMILES string of the molecule is Cc1cnc2c(S(=O)(=O)Nc3cc(Cl)c(Cl)cc3NS(=O)(=O)c3cccs3)cccc2c1. The molecule has 0 aliphatic rings. The predicted molar refractivity (Wildman–Crippen MR) is 129 cm³/mol. The number of benzene rings is 2. The standard InChI is InChI=1S/C20H15Cl2N3O4S3/c1-12-8-13-4-2-5-18(20(13)23-11-12)31(26,27)24-16-9-14(21)15(22)10-17(16)25-32(28,29)19-6-3-7-30-19/h2-11,24-25H,1H3. The van der Waals surface area contributed by atoms with Gasteiger partial charge in [0.2, 0.25) is 0 Å². The quantitative estimate of drug-likeness (QED) is 0.343. The number of rotatable bonds is 6. The van der Waals surface area contributed by atoms with E-state index in [0.717, 1.165) is 16.9 Å². The van der Waals surface area contributed by atoms with Gasteiger partial charge in [0.1, 0.15) is 9.10 Å². The Kier molecular flexibility index (Phi) is 6.08. The van der Waals surface area contributed by atoms with E-state index in [9.17, 15) is 16.8 Å². The van der Waals surface area contributed by atoms with Crippen molar-refractivity contribution in [3.8, 4) is 0 Å². The molecule has 2 N–H and O–H groups in total. The lowest BCUT2D eigenvalue weighted by atomic mass is 10.2. The van der Waals surface area contributed by atoms with E-state index in [1.165, 1.54) is 24.3 Å². The highest BCUT2D eigenvalue weighted by Gasteiger charge is 2.23. The second-order valence-corrected chi connectivity index (χ2v) is 12.1. The second kappa shape index (κ2) is 8.53. The fourth-order valence-electron chi connectivity index (χ4n) is 2.99. The van der Waals surface area contributed by atoms with Gasteiger partial charge in [-0.25, -0.2) is 16.8 Å². The minimum absolute atomic E-state index is 0.0510. The Labute approximate surface area is 199 Å². The van der Waals surface area contributed by atoms with E-state index >= 15 is 0 Å². The van der Waals surface area contributed by atoms with Crippen LogP contribution in [-0.4, -0.2) is 21.8 Å². The van der Waals surface area contributed by atoms with E-state index < -0.39 is 20.0 Å². The van der Waals surface area contributed by atoms with E-state index in [1.54, 1.807) is 29.8 Å². The van der Waals surface area contributed by atoms with Crippen LogP contribution in [0.1, 0.15) is 5.56 Å². The number of aromatic nitrogens is 1. The molecule has 2 aromatic heterocycles. The van der Waals surface area contributed by atoms with Crippen LogP contribution >= 0.6 is 34.5 Å². The van der Waals surface area contributed by atoms with Crippen LogP contribution < -0.4 is 9.44 Å². The molecule has 32 heavy (non-hydrogen) atoms. The second-order valence-electron chi connectivity index (χ2n) is 6.80. The first-order valence-corrected chi connectivity index (χ1v) is 13.6. The number of pyridine rings is 1. The summed E-state index contributed by atoms with van der Waals surface area (Å²) in [4.78, 5) is 4.20. The van der Waals surface area contributed by atoms with Crippen molar-refractivity contribution in [2.45, 2.75) is 16.0 Å². The molecule has 0 atom stereocenters. The number of anilines is 2. The predicted octanol–water partition coefficient (Wildman–Crippen LogP) is 5.51. The molecule has 4 aromatic rings. The zero-order chi connectivity index (χ0) is 23.1. The molecule has 0 aliphatic heterocycles. The molecule has 0 unspecified atom stereocenters. The Balaban J connectivity index is 1.78. The zero-order valence-corrected chi connectivity index (χ0v) is 20.3. The van der Waals surface area contributed by atoms with Gasteiger partial charge in [-0.05, 0) is 48.2 Å². The molecule has 4 rings (SSSR count). The average molecular weight is 528 g/mol. The molecule has 0 amide bonds. The summed E-state index contributed by atoms with van der Waals surface area (Å²) in [5, 5.41) is 2.37. The number of sulfonamides is 2. The third-order valence-corrected chi connectivity index (χ3v) is 9.29. The van der Waals surface area contributed by atoms with Crippen LogP contribution in [0.4, 0.5) is 11.4 Å². The normalized spacial score (nSPS) is 12.1. The van der Waals surface area contributed by atoms with Crippen molar-refractivity contribution in [1.82, 2.24) is 4.98 Å². The van der Waals surface area contributed by atoms with E-state index in [4.69, 9.17) is 23.2 Å². The van der Waals surface area contributed by atoms with Gasteiger partial charge in [-0.2, -0.15) is 0 Å². The van der Waals surface area contributed by atoms with Crippen LogP contribution in [0.25, 0.3) is 10.9 Å². The zero-order valence-electron chi connectivity index (χ0n) is 16.3. The number of halogens is 2. The van der Waals surface area contributed by atoms with Crippen molar-refractivity contribution >= 4 is 76.9 Å². The van der Waals surface area contributed by atoms with Gasteiger partial charge in [-0.1, -0.05) is 41.4 Å². The summed E-state index contributed by atoms with van der Waals surface area (Å²) in [6, 6.07) is 12.1. The Morgan fingerprint density at radius 1 is 0.875 bits per heavy atom. The number of fused-ring (bicyclic) bond motifs is 1. The van der Waals surface area contributed by atoms with Gasteiger partial charge in [0.05, 0.1) is 26.9 Å². The number of aryl methyl sites for hydroxylation is 1. The van der Waals surface area contributed by atoms with Crippen molar-refractivity contribution in [3.63, 3.8) is 0 Å². The highest BCUT2D eigenvalue weighted by molar-refractivity contribution is 7.94. The first-order chi connectivity index (χ1) is 15.1. The van der Waals surface area contributed by atoms with Gasteiger partial charge in [0, 0.05) is 11.6 Å². The Morgan fingerprint density at radius 2 is 1.53 bits per heavy atom. The first kappa shape index (κ1) is 22.8. The molecule has 2 heterocycles. The average Bonchev–Trinajstić information content (AvgIpc) is 3.26. The maximum atomic E-state index is 13.2. The third-order valence-electron chi connectivity index (χ3n) is 4.41. The molecule has 0 bridgehead atoms. The first-order valence-electron chi connectivity index (χ1n) is 9.00. The van der Waals surface area contributed by atoms with Crippen LogP contribution in [0.5, 0.6) is 0 Å². The van der Waals surface area contributed by atoms with Gasteiger partial charge in [0.15, 0.2) is 0 Å². The molecule has 7 nitrogen and oxygen atoms in total. The van der Waals surface area contributed by atoms with E-state index in [-0.39, 0.29) is 36.0 Å². The van der Waals surface area contributed by atoms with Gasteiger partial charge < -0.3 is 0 Å². The summed E-state index contributed by atoms with van der Waals surface area (Å²) in [5.41, 5.74) is 1.02. The summed E-state index contributed by atoms with van der Waals surface area (Å²) >= 11 is 13.2. The highest BCUT2D eigenvalue weighted by atomic mass is 35.5. The number of nitrogens with one attached hydrogen (secondary N) is 2. The van der Waals surface area contributed by atoms with Crippen LogP contribution in [-0.2, 0) is 20.0 Å². The summed E-state index contributed by atoms with van der Waals surface area (Å²) in [7, 11) is -8.12.